The maximum atomic E-state index is 11.5. The highest BCUT2D eigenvalue weighted by molar-refractivity contribution is 5.76. The van der Waals surface area contributed by atoms with Crippen LogP contribution in [-0.2, 0) is 4.79 Å². The van der Waals surface area contributed by atoms with Gasteiger partial charge in [0, 0.05) is 24.5 Å². The highest BCUT2D eigenvalue weighted by atomic mass is 16.1. The summed E-state index contributed by atoms with van der Waals surface area (Å²) in [4.78, 5) is 11.5. The van der Waals surface area contributed by atoms with E-state index in [0.717, 1.165) is 13.0 Å². The normalized spacial score (nSPS) is 13.9. The summed E-state index contributed by atoms with van der Waals surface area (Å²) in [6.45, 7) is 13.3. The minimum Gasteiger partial charge on any atom is -0.351 e. The third kappa shape index (κ3) is 7.69. The van der Waals surface area contributed by atoms with E-state index in [1.165, 1.54) is 0 Å². The van der Waals surface area contributed by atoms with Crippen molar-refractivity contribution in [1.29, 1.82) is 0 Å². The standard InChI is InChI=1S/C13H28N2O/c1-7-11(10(2)3)14-9-8-12(16)15-13(4,5)6/h10-11,14H,7-9H2,1-6H3,(H,15,16). The molecule has 0 aliphatic rings. The molecule has 0 aliphatic heterocycles. The van der Waals surface area contributed by atoms with Crippen LogP contribution in [0, 0.1) is 5.92 Å². The zero-order valence-electron chi connectivity index (χ0n) is 11.7. The molecule has 3 heteroatoms. The summed E-state index contributed by atoms with van der Waals surface area (Å²) in [5.41, 5.74) is -0.126. The number of carbonyl (C=O) groups excluding carboxylic acids is 1. The molecule has 0 fully saturated rings. The second kappa shape index (κ2) is 6.89. The summed E-state index contributed by atoms with van der Waals surface area (Å²) >= 11 is 0. The SMILES string of the molecule is CCC(NCCC(=O)NC(C)(C)C)C(C)C. The van der Waals surface area contributed by atoms with Gasteiger partial charge in [0.1, 0.15) is 0 Å². The lowest BCUT2D eigenvalue weighted by molar-refractivity contribution is -0.122. The van der Waals surface area contributed by atoms with Gasteiger partial charge in [-0.05, 0) is 33.1 Å². The molecular formula is C13H28N2O. The molecule has 0 aromatic carbocycles. The van der Waals surface area contributed by atoms with Gasteiger partial charge in [-0.3, -0.25) is 4.79 Å². The molecule has 0 heterocycles. The second-order valence-electron chi connectivity index (χ2n) is 5.76. The summed E-state index contributed by atoms with van der Waals surface area (Å²) in [5, 5.41) is 6.39. The average Bonchev–Trinajstić information content (AvgIpc) is 2.08. The summed E-state index contributed by atoms with van der Waals surface area (Å²) in [5.74, 6) is 0.745. The molecular weight excluding hydrogens is 200 g/mol. The number of nitrogens with one attached hydrogen (secondary N) is 2. The predicted octanol–water partition coefficient (Wildman–Crippen LogP) is 2.32. The molecule has 16 heavy (non-hydrogen) atoms. The monoisotopic (exact) mass is 228 g/mol. The van der Waals surface area contributed by atoms with E-state index in [-0.39, 0.29) is 11.4 Å². The Kier molecular flexibility index (Phi) is 6.65. The first-order chi connectivity index (χ1) is 7.26. The molecule has 0 radical (unpaired) electrons. The maximum absolute atomic E-state index is 11.5. The van der Waals surface area contributed by atoms with Crippen LogP contribution in [0.15, 0.2) is 0 Å². The molecule has 0 rings (SSSR count). The maximum Gasteiger partial charge on any atom is 0.221 e. The van der Waals surface area contributed by atoms with Crippen molar-refractivity contribution >= 4 is 5.91 Å². The molecule has 0 spiro atoms. The molecule has 2 N–H and O–H groups in total. The molecule has 0 saturated carbocycles. The van der Waals surface area contributed by atoms with Crippen molar-refractivity contribution < 1.29 is 4.79 Å². The van der Waals surface area contributed by atoms with Crippen molar-refractivity contribution in [2.24, 2.45) is 5.92 Å². The van der Waals surface area contributed by atoms with E-state index in [1.54, 1.807) is 0 Å². The Morgan fingerprint density at radius 1 is 1.25 bits per heavy atom. The summed E-state index contributed by atoms with van der Waals surface area (Å²) in [6, 6.07) is 0.516. The fourth-order valence-corrected chi connectivity index (χ4v) is 1.70. The number of hydrogen-bond donors (Lipinski definition) is 2. The fraction of sp³-hybridized carbons (Fsp3) is 0.923. The van der Waals surface area contributed by atoms with Gasteiger partial charge < -0.3 is 10.6 Å². The Hall–Kier alpha value is -0.570. The molecule has 1 amide bonds. The van der Waals surface area contributed by atoms with Gasteiger partial charge in [-0.15, -0.1) is 0 Å². The van der Waals surface area contributed by atoms with Crippen LogP contribution in [0.1, 0.15) is 54.4 Å². The number of rotatable bonds is 6. The van der Waals surface area contributed by atoms with Gasteiger partial charge in [-0.2, -0.15) is 0 Å². The van der Waals surface area contributed by atoms with Gasteiger partial charge in [0.05, 0.1) is 0 Å². The molecule has 1 unspecified atom stereocenters. The Morgan fingerprint density at radius 2 is 1.81 bits per heavy atom. The molecule has 0 aromatic rings. The van der Waals surface area contributed by atoms with E-state index in [2.05, 4.69) is 31.4 Å². The lowest BCUT2D eigenvalue weighted by Gasteiger charge is -2.23. The largest absolute Gasteiger partial charge is 0.351 e. The summed E-state index contributed by atoms with van der Waals surface area (Å²) < 4.78 is 0. The lowest BCUT2D eigenvalue weighted by Crippen LogP contribution is -2.42. The topological polar surface area (TPSA) is 41.1 Å². The Labute approximate surface area is 100 Å². The molecule has 0 aliphatic carbocycles. The van der Waals surface area contributed by atoms with Crippen molar-refractivity contribution in [3.63, 3.8) is 0 Å². The molecule has 1 atom stereocenters. The van der Waals surface area contributed by atoms with Crippen LogP contribution in [0.2, 0.25) is 0 Å². The van der Waals surface area contributed by atoms with Crippen molar-refractivity contribution in [2.45, 2.75) is 66.0 Å². The zero-order valence-corrected chi connectivity index (χ0v) is 11.7. The van der Waals surface area contributed by atoms with Crippen LogP contribution in [0.4, 0.5) is 0 Å². The van der Waals surface area contributed by atoms with Gasteiger partial charge in [0.25, 0.3) is 0 Å². The van der Waals surface area contributed by atoms with Gasteiger partial charge in [0.2, 0.25) is 5.91 Å². The van der Waals surface area contributed by atoms with E-state index >= 15 is 0 Å². The van der Waals surface area contributed by atoms with Crippen LogP contribution >= 0.6 is 0 Å². The molecule has 3 nitrogen and oxygen atoms in total. The van der Waals surface area contributed by atoms with E-state index in [0.29, 0.717) is 18.4 Å². The van der Waals surface area contributed by atoms with E-state index in [1.807, 2.05) is 20.8 Å². The molecule has 0 saturated heterocycles. The third-order valence-electron chi connectivity index (χ3n) is 2.52. The van der Waals surface area contributed by atoms with Crippen LogP contribution < -0.4 is 10.6 Å². The van der Waals surface area contributed by atoms with Crippen molar-refractivity contribution in [1.82, 2.24) is 10.6 Å². The first kappa shape index (κ1) is 15.4. The Morgan fingerprint density at radius 3 is 2.19 bits per heavy atom. The predicted molar refractivity (Wildman–Crippen MR) is 69.4 cm³/mol. The Balaban J connectivity index is 3.77. The first-order valence-electron chi connectivity index (χ1n) is 6.30. The van der Waals surface area contributed by atoms with Gasteiger partial charge in [-0.1, -0.05) is 20.8 Å². The minimum atomic E-state index is -0.126. The molecule has 96 valence electrons. The average molecular weight is 228 g/mol. The summed E-state index contributed by atoms with van der Waals surface area (Å²) in [7, 11) is 0. The quantitative estimate of drug-likeness (QED) is 0.732. The van der Waals surface area contributed by atoms with Crippen LogP contribution in [0.25, 0.3) is 0 Å². The number of amides is 1. The number of carbonyl (C=O) groups is 1. The Bertz CT molecular complexity index is 206. The van der Waals surface area contributed by atoms with E-state index in [4.69, 9.17) is 0 Å². The minimum absolute atomic E-state index is 0.124. The van der Waals surface area contributed by atoms with Crippen molar-refractivity contribution in [3.05, 3.63) is 0 Å². The fourth-order valence-electron chi connectivity index (χ4n) is 1.70. The highest BCUT2D eigenvalue weighted by Crippen LogP contribution is 2.05. The number of hydrogen-bond acceptors (Lipinski definition) is 2. The third-order valence-corrected chi connectivity index (χ3v) is 2.52. The smallest absolute Gasteiger partial charge is 0.221 e. The van der Waals surface area contributed by atoms with E-state index in [9.17, 15) is 4.79 Å². The first-order valence-corrected chi connectivity index (χ1v) is 6.30. The lowest BCUT2D eigenvalue weighted by atomic mass is 10.0. The van der Waals surface area contributed by atoms with Gasteiger partial charge in [-0.25, -0.2) is 0 Å². The van der Waals surface area contributed by atoms with Gasteiger partial charge in [0.15, 0.2) is 0 Å². The second-order valence-corrected chi connectivity index (χ2v) is 5.76. The molecule has 0 bridgehead atoms. The van der Waals surface area contributed by atoms with Crippen LogP contribution in [-0.4, -0.2) is 24.0 Å². The highest BCUT2D eigenvalue weighted by Gasteiger charge is 2.14. The van der Waals surface area contributed by atoms with E-state index < -0.39 is 0 Å². The van der Waals surface area contributed by atoms with Crippen molar-refractivity contribution in [2.75, 3.05) is 6.54 Å². The van der Waals surface area contributed by atoms with Crippen LogP contribution in [0.5, 0.6) is 0 Å². The van der Waals surface area contributed by atoms with Crippen LogP contribution in [0.3, 0.4) is 0 Å². The summed E-state index contributed by atoms with van der Waals surface area (Å²) in [6.07, 6.45) is 1.67. The molecule has 0 aromatic heterocycles. The van der Waals surface area contributed by atoms with Crippen molar-refractivity contribution in [3.8, 4) is 0 Å². The van der Waals surface area contributed by atoms with Gasteiger partial charge >= 0.3 is 0 Å². The zero-order chi connectivity index (χ0) is 12.8.